The Morgan fingerprint density at radius 2 is 1.88 bits per heavy atom. The van der Waals surface area contributed by atoms with Crippen molar-refractivity contribution in [3.8, 4) is 0 Å². The van der Waals surface area contributed by atoms with Crippen molar-refractivity contribution in [2.75, 3.05) is 12.3 Å². The minimum absolute atomic E-state index is 0. The highest BCUT2D eigenvalue weighted by Crippen LogP contribution is 2.21. The van der Waals surface area contributed by atoms with E-state index in [-0.39, 0.29) is 12.4 Å². The molecule has 0 saturated carbocycles. The van der Waals surface area contributed by atoms with Crippen molar-refractivity contribution in [3.63, 3.8) is 0 Å². The van der Waals surface area contributed by atoms with Crippen LogP contribution in [0.1, 0.15) is 26.3 Å². The number of rotatable bonds is 5. The molecule has 0 atom stereocenters. The van der Waals surface area contributed by atoms with E-state index in [4.69, 9.17) is 0 Å². The predicted octanol–water partition coefficient (Wildman–Crippen LogP) is 2.52. The lowest BCUT2D eigenvalue weighted by atomic mass is 10.3. The number of hydrogen-bond acceptors (Lipinski definition) is 4. The second kappa shape index (κ2) is 7.87. The monoisotopic (exact) mass is 261 g/mol. The fourth-order valence-corrected chi connectivity index (χ4v) is 1.94. The first kappa shape index (κ1) is 15.7. The standard InChI is InChI=1S/C11H19N3S.ClH/c1-11(2,3)15-5-4-12-6-10-7-13-9-14-8-10;/h7-9,12H,4-6H2,1-3H3;1H. The average molecular weight is 262 g/mol. The lowest BCUT2D eigenvalue weighted by molar-refractivity contribution is 0.720. The molecule has 0 aliphatic heterocycles. The normalized spacial score (nSPS) is 10.9. The van der Waals surface area contributed by atoms with E-state index >= 15 is 0 Å². The van der Waals surface area contributed by atoms with Crippen molar-refractivity contribution >= 4 is 24.2 Å². The third-order valence-corrected chi connectivity index (χ3v) is 3.03. The van der Waals surface area contributed by atoms with Gasteiger partial charge in [-0.05, 0) is 0 Å². The number of halogens is 1. The summed E-state index contributed by atoms with van der Waals surface area (Å²) in [6.45, 7) is 8.59. The van der Waals surface area contributed by atoms with Crippen LogP contribution in [0.4, 0.5) is 0 Å². The van der Waals surface area contributed by atoms with Gasteiger partial charge in [0.25, 0.3) is 0 Å². The lowest BCUT2D eigenvalue weighted by Gasteiger charge is -2.17. The molecule has 0 fully saturated rings. The van der Waals surface area contributed by atoms with Gasteiger partial charge in [0, 0.05) is 41.5 Å². The van der Waals surface area contributed by atoms with Crippen LogP contribution in [0.3, 0.4) is 0 Å². The van der Waals surface area contributed by atoms with Crippen LogP contribution in [0.2, 0.25) is 0 Å². The molecular formula is C11H20ClN3S. The van der Waals surface area contributed by atoms with Gasteiger partial charge < -0.3 is 5.32 Å². The fraction of sp³-hybridized carbons (Fsp3) is 0.636. The molecule has 3 nitrogen and oxygen atoms in total. The van der Waals surface area contributed by atoms with Crippen LogP contribution in [0.15, 0.2) is 18.7 Å². The van der Waals surface area contributed by atoms with Crippen molar-refractivity contribution in [3.05, 3.63) is 24.3 Å². The number of aromatic nitrogens is 2. The lowest BCUT2D eigenvalue weighted by Crippen LogP contribution is -2.19. The highest BCUT2D eigenvalue weighted by molar-refractivity contribution is 8.00. The molecule has 5 heteroatoms. The topological polar surface area (TPSA) is 37.8 Å². The van der Waals surface area contributed by atoms with E-state index in [0.29, 0.717) is 4.75 Å². The Labute approximate surface area is 108 Å². The SMILES string of the molecule is CC(C)(C)SCCNCc1cncnc1.Cl. The number of hydrogen-bond donors (Lipinski definition) is 1. The molecule has 0 amide bonds. The fourth-order valence-electron chi connectivity index (χ4n) is 1.08. The summed E-state index contributed by atoms with van der Waals surface area (Å²) >= 11 is 1.97. The van der Waals surface area contributed by atoms with Crippen LogP contribution in [0.25, 0.3) is 0 Å². The molecule has 1 aromatic rings. The van der Waals surface area contributed by atoms with Gasteiger partial charge in [-0.15, -0.1) is 12.4 Å². The Hall–Kier alpha value is -0.320. The van der Waals surface area contributed by atoms with Crippen LogP contribution in [0.5, 0.6) is 0 Å². The first-order valence-corrected chi connectivity index (χ1v) is 6.15. The van der Waals surface area contributed by atoms with Crippen LogP contribution >= 0.6 is 24.2 Å². The highest BCUT2D eigenvalue weighted by atomic mass is 35.5. The van der Waals surface area contributed by atoms with E-state index in [1.807, 2.05) is 24.2 Å². The summed E-state index contributed by atoms with van der Waals surface area (Å²) in [6, 6.07) is 0. The molecule has 0 radical (unpaired) electrons. The summed E-state index contributed by atoms with van der Waals surface area (Å²) in [6.07, 6.45) is 5.24. The van der Waals surface area contributed by atoms with E-state index in [1.165, 1.54) is 0 Å². The molecule has 0 spiro atoms. The largest absolute Gasteiger partial charge is 0.312 e. The van der Waals surface area contributed by atoms with Crippen LogP contribution in [-0.2, 0) is 6.54 Å². The van der Waals surface area contributed by atoms with Gasteiger partial charge in [0.2, 0.25) is 0 Å². The van der Waals surface area contributed by atoms with Gasteiger partial charge in [-0.1, -0.05) is 20.8 Å². The van der Waals surface area contributed by atoms with Gasteiger partial charge in [0.15, 0.2) is 0 Å². The molecule has 0 saturated heterocycles. The zero-order valence-corrected chi connectivity index (χ0v) is 11.7. The van der Waals surface area contributed by atoms with Crippen LogP contribution in [0, 0.1) is 0 Å². The first-order valence-electron chi connectivity index (χ1n) is 5.16. The van der Waals surface area contributed by atoms with Gasteiger partial charge in [-0.3, -0.25) is 0 Å². The van der Waals surface area contributed by atoms with Crippen molar-refractivity contribution in [2.45, 2.75) is 32.1 Å². The Balaban J connectivity index is 0.00000225. The molecular weight excluding hydrogens is 242 g/mol. The van der Waals surface area contributed by atoms with Crippen LogP contribution in [-0.4, -0.2) is 27.0 Å². The molecule has 0 aliphatic carbocycles. The second-order valence-electron chi connectivity index (χ2n) is 4.38. The third kappa shape index (κ3) is 7.91. The maximum atomic E-state index is 3.97. The summed E-state index contributed by atoms with van der Waals surface area (Å²) in [5, 5.41) is 3.37. The second-order valence-corrected chi connectivity index (χ2v) is 6.31. The Kier molecular flexibility index (Phi) is 7.72. The first-order chi connectivity index (χ1) is 7.08. The predicted molar refractivity (Wildman–Crippen MR) is 73.2 cm³/mol. The summed E-state index contributed by atoms with van der Waals surface area (Å²) < 4.78 is 0.359. The maximum absolute atomic E-state index is 3.97. The quantitative estimate of drug-likeness (QED) is 0.827. The molecule has 0 aromatic carbocycles. The molecule has 92 valence electrons. The maximum Gasteiger partial charge on any atom is 0.115 e. The minimum atomic E-state index is 0. The molecule has 1 heterocycles. The summed E-state index contributed by atoms with van der Waals surface area (Å²) in [5.74, 6) is 1.14. The third-order valence-electron chi connectivity index (χ3n) is 1.76. The number of nitrogens with zero attached hydrogens (tertiary/aromatic N) is 2. The zero-order valence-electron chi connectivity index (χ0n) is 10.1. The van der Waals surface area contributed by atoms with Gasteiger partial charge in [0.1, 0.15) is 6.33 Å². The average Bonchev–Trinajstić information content (AvgIpc) is 2.17. The molecule has 1 N–H and O–H groups in total. The van der Waals surface area contributed by atoms with E-state index in [1.54, 1.807) is 6.33 Å². The van der Waals surface area contributed by atoms with E-state index < -0.39 is 0 Å². The Bertz CT molecular complexity index is 274. The van der Waals surface area contributed by atoms with Crippen molar-refractivity contribution in [1.82, 2.24) is 15.3 Å². The van der Waals surface area contributed by atoms with Crippen molar-refractivity contribution < 1.29 is 0 Å². The van der Waals surface area contributed by atoms with Gasteiger partial charge in [0.05, 0.1) is 0 Å². The Morgan fingerprint density at radius 1 is 1.25 bits per heavy atom. The summed E-state index contributed by atoms with van der Waals surface area (Å²) in [5.41, 5.74) is 1.14. The smallest absolute Gasteiger partial charge is 0.115 e. The molecule has 1 aromatic heterocycles. The van der Waals surface area contributed by atoms with Crippen molar-refractivity contribution in [1.29, 1.82) is 0 Å². The molecule has 1 rings (SSSR count). The molecule has 0 aliphatic rings. The zero-order chi connectivity index (χ0) is 11.1. The van der Waals surface area contributed by atoms with Gasteiger partial charge in [-0.25, -0.2) is 9.97 Å². The minimum Gasteiger partial charge on any atom is -0.312 e. The van der Waals surface area contributed by atoms with Gasteiger partial charge in [-0.2, -0.15) is 11.8 Å². The molecule has 16 heavy (non-hydrogen) atoms. The van der Waals surface area contributed by atoms with Crippen LogP contribution < -0.4 is 5.32 Å². The summed E-state index contributed by atoms with van der Waals surface area (Å²) in [4.78, 5) is 7.93. The summed E-state index contributed by atoms with van der Waals surface area (Å²) in [7, 11) is 0. The highest BCUT2D eigenvalue weighted by Gasteiger charge is 2.08. The van der Waals surface area contributed by atoms with E-state index in [9.17, 15) is 0 Å². The molecule has 0 bridgehead atoms. The van der Waals surface area contributed by atoms with Gasteiger partial charge >= 0.3 is 0 Å². The van der Waals surface area contributed by atoms with E-state index in [0.717, 1.165) is 24.4 Å². The van der Waals surface area contributed by atoms with Crippen molar-refractivity contribution in [2.24, 2.45) is 0 Å². The number of thioether (sulfide) groups is 1. The number of nitrogens with one attached hydrogen (secondary N) is 1. The van der Waals surface area contributed by atoms with E-state index in [2.05, 4.69) is 36.1 Å². The Morgan fingerprint density at radius 3 is 2.44 bits per heavy atom. The molecule has 0 unspecified atom stereocenters.